The molecule has 94 valence electrons. The Morgan fingerprint density at radius 1 is 1.12 bits per heavy atom. The average Bonchev–Trinajstić information content (AvgIpc) is 2.39. The number of benzene rings is 1. The SMILES string of the molecule is N[C@H](CSc1ccccc1)CC1CCCCC1. The Hall–Kier alpha value is -0.470. The van der Waals surface area contributed by atoms with E-state index in [1.807, 2.05) is 11.8 Å². The highest BCUT2D eigenvalue weighted by Crippen LogP contribution is 2.28. The Morgan fingerprint density at radius 2 is 1.82 bits per heavy atom. The standard InChI is InChI=1S/C15H23NS/c16-14(11-13-7-3-1-4-8-13)12-17-15-9-5-2-6-10-15/h2,5-6,9-10,13-14H,1,3-4,7-8,11-12,16H2/t14-/m0/s1. The highest BCUT2D eigenvalue weighted by atomic mass is 32.2. The van der Waals surface area contributed by atoms with Gasteiger partial charge in [0.1, 0.15) is 0 Å². The molecule has 0 heterocycles. The fraction of sp³-hybridized carbons (Fsp3) is 0.600. The molecule has 0 amide bonds. The zero-order chi connectivity index (χ0) is 11.9. The molecule has 1 fully saturated rings. The molecule has 2 heteroatoms. The molecule has 1 aliphatic carbocycles. The van der Waals surface area contributed by atoms with Crippen LogP contribution in [-0.2, 0) is 0 Å². The lowest BCUT2D eigenvalue weighted by Crippen LogP contribution is -2.27. The largest absolute Gasteiger partial charge is 0.327 e. The van der Waals surface area contributed by atoms with Crippen LogP contribution < -0.4 is 5.73 Å². The van der Waals surface area contributed by atoms with E-state index in [4.69, 9.17) is 5.73 Å². The average molecular weight is 249 g/mol. The van der Waals surface area contributed by atoms with Crippen LogP contribution in [-0.4, -0.2) is 11.8 Å². The minimum absolute atomic E-state index is 0.364. The topological polar surface area (TPSA) is 26.0 Å². The molecule has 1 saturated carbocycles. The third kappa shape index (κ3) is 4.72. The van der Waals surface area contributed by atoms with Crippen molar-refractivity contribution in [3.63, 3.8) is 0 Å². The molecule has 0 aromatic heterocycles. The third-order valence-corrected chi connectivity index (χ3v) is 4.77. The van der Waals surface area contributed by atoms with E-state index in [1.165, 1.54) is 43.4 Å². The van der Waals surface area contributed by atoms with E-state index in [1.54, 1.807) is 0 Å². The molecular weight excluding hydrogens is 226 g/mol. The monoisotopic (exact) mass is 249 g/mol. The predicted molar refractivity (Wildman–Crippen MR) is 76.3 cm³/mol. The summed E-state index contributed by atoms with van der Waals surface area (Å²) in [5.74, 6) is 1.95. The fourth-order valence-electron chi connectivity index (χ4n) is 2.64. The van der Waals surface area contributed by atoms with Gasteiger partial charge in [-0.05, 0) is 24.5 Å². The lowest BCUT2D eigenvalue weighted by molar-refractivity contribution is 0.324. The van der Waals surface area contributed by atoms with Crippen LogP contribution in [0.25, 0.3) is 0 Å². The van der Waals surface area contributed by atoms with Crippen molar-refractivity contribution in [2.24, 2.45) is 11.7 Å². The minimum atomic E-state index is 0.364. The van der Waals surface area contributed by atoms with Gasteiger partial charge in [0.2, 0.25) is 0 Å². The van der Waals surface area contributed by atoms with Gasteiger partial charge in [-0.1, -0.05) is 50.3 Å². The van der Waals surface area contributed by atoms with Crippen LogP contribution in [0.15, 0.2) is 35.2 Å². The fourth-order valence-corrected chi connectivity index (χ4v) is 3.53. The maximum absolute atomic E-state index is 6.23. The van der Waals surface area contributed by atoms with Crippen LogP contribution in [0.5, 0.6) is 0 Å². The van der Waals surface area contributed by atoms with Crippen LogP contribution in [0.4, 0.5) is 0 Å². The van der Waals surface area contributed by atoms with Gasteiger partial charge in [-0.25, -0.2) is 0 Å². The van der Waals surface area contributed by atoms with E-state index >= 15 is 0 Å². The number of nitrogens with two attached hydrogens (primary N) is 1. The second-order valence-corrected chi connectivity index (χ2v) is 6.22. The van der Waals surface area contributed by atoms with Gasteiger partial charge in [0, 0.05) is 16.7 Å². The van der Waals surface area contributed by atoms with E-state index in [9.17, 15) is 0 Å². The molecule has 17 heavy (non-hydrogen) atoms. The van der Waals surface area contributed by atoms with E-state index < -0.39 is 0 Å². The van der Waals surface area contributed by atoms with Gasteiger partial charge in [-0.3, -0.25) is 0 Å². The zero-order valence-corrected chi connectivity index (χ0v) is 11.3. The number of thioether (sulfide) groups is 1. The van der Waals surface area contributed by atoms with Crippen LogP contribution in [0.1, 0.15) is 38.5 Å². The maximum Gasteiger partial charge on any atom is 0.0136 e. The number of hydrogen-bond acceptors (Lipinski definition) is 2. The van der Waals surface area contributed by atoms with Crippen LogP contribution in [0, 0.1) is 5.92 Å². The molecule has 1 nitrogen and oxygen atoms in total. The summed E-state index contributed by atoms with van der Waals surface area (Å²) in [6.45, 7) is 0. The first-order valence-electron chi connectivity index (χ1n) is 6.78. The molecule has 0 spiro atoms. The zero-order valence-electron chi connectivity index (χ0n) is 10.5. The van der Waals surface area contributed by atoms with Crippen molar-refractivity contribution >= 4 is 11.8 Å². The van der Waals surface area contributed by atoms with Gasteiger partial charge in [0.25, 0.3) is 0 Å². The smallest absolute Gasteiger partial charge is 0.0136 e. The molecule has 1 aromatic rings. The van der Waals surface area contributed by atoms with Crippen molar-refractivity contribution < 1.29 is 0 Å². The highest BCUT2D eigenvalue weighted by molar-refractivity contribution is 7.99. The number of rotatable bonds is 5. The first kappa shape index (κ1) is 13.0. The van der Waals surface area contributed by atoms with Gasteiger partial charge < -0.3 is 5.73 Å². The van der Waals surface area contributed by atoms with Crippen LogP contribution in [0.2, 0.25) is 0 Å². The quantitative estimate of drug-likeness (QED) is 0.796. The molecule has 0 bridgehead atoms. The Bertz CT molecular complexity index is 306. The molecular formula is C15H23NS. The predicted octanol–water partition coefficient (Wildman–Crippen LogP) is 4.08. The third-order valence-electron chi connectivity index (χ3n) is 3.57. The molecule has 2 rings (SSSR count). The van der Waals surface area contributed by atoms with Crippen molar-refractivity contribution in [3.8, 4) is 0 Å². The summed E-state index contributed by atoms with van der Waals surface area (Å²) in [6, 6.07) is 10.9. The Kier molecular flexibility index (Phi) is 5.40. The van der Waals surface area contributed by atoms with E-state index in [2.05, 4.69) is 30.3 Å². The molecule has 1 aromatic carbocycles. The Balaban J connectivity index is 1.68. The van der Waals surface area contributed by atoms with Crippen molar-refractivity contribution in [2.75, 3.05) is 5.75 Å². The highest BCUT2D eigenvalue weighted by Gasteiger charge is 2.16. The molecule has 0 saturated heterocycles. The van der Waals surface area contributed by atoms with Gasteiger partial charge in [-0.15, -0.1) is 11.8 Å². The van der Waals surface area contributed by atoms with Gasteiger partial charge in [0.05, 0.1) is 0 Å². The lowest BCUT2D eigenvalue weighted by Gasteiger charge is -2.24. The summed E-state index contributed by atoms with van der Waals surface area (Å²) in [6.07, 6.45) is 8.31. The summed E-state index contributed by atoms with van der Waals surface area (Å²) in [7, 11) is 0. The van der Waals surface area contributed by atoms with Crippen molar-refractivity contribution in [1.29, 1.82) is 0 Å². The summed E-state index contributed by atoms with van der Waals surface area (Å²) < 4.78 is 0. The number of hydrogen-bond donors (Lipinski definition) is 1. The van der Waals surface area contributed by atoms with E-state index in [-0.39, 0.29) is 0 Å². The van der Waals surface area contributed by atoms with Gasteiger partial charge in [0.15, 0.2) is 0 Å². The second-order valence-electron chi connectivity index (χ2n) is 5.12. The second kappa shape index (κ2) is 7.07. The molecule has 0 radical (unpaired) electrons. The Morgan fingerprint density at radius 3 is 2.53 bits per heavy atom. The normalized spacial score (nSPS) is 19.1. The summed E-state index contributed by atoms with van der Waals surface area (Å²) in [5.41, 5.74) is 6.23. The summed E-state index contributed by atoms with van der Waals surface area (Å²) >= 11 is 1.89. The first-order chi connectivity index (χ1) is 8.34. The summed E-state index contributed by atoms with van der Waals surface area (Å²) in [5, 5.41) is 0. The molecule has 2 N–H and O–H groups in total. The molecule has 1 aliphatic rings. The Labute approximate surface area is 109 Å². The van der Waals surface area contributed by atoms with Gasteiger partial charge in [-0.2, -0.15) is 0 Å². The minimum Gasteiger partial charge on any atom is -0.327 e. The summed E-state index contributed by atoms with van der Waals surface area (Å²) in [4.78, 5) is 1.34. The van der Waals surface area contributed by atoms with Crippen LogP contribution >= 0.6 is 11.8 Å². The van der Waals surface area contributed by atoms with Crippen molar-refractivity contribution in [1.82, 2.24) is 0 Å². The first-order valence-corrected chi connectivity index (χ1v) is 7.76. The van der Waals surface area contributed by atoms with Crippen molar-refractivity contribution in [3.05, 3.63) is 30.3 Å². The van der Waals surface area contributed by atoms with Crippen molar-refractivity contribution in [2.45, 2.75) is 49.5 Å². The molecule has 1 atom stereocenters. The van der Waals surface area contributed by atoms with Crippen LogP contribution in [0.3, 0.4) is 0 Å². The molecule has 0 aliphatic heterocycles. The van der Waals surface area contributed by atoms with E-state index in [0.717, 1.165) is 11.7 Å². The molecule has 0 unspecified atom stereocenters. The van der Waals surface area contributed by atoms with E-state index in [0.29, 0.717) is 6.04 Å². The maximum atomic E-state index is 6.23. The van der Waals surface area contributed by atoms with Gasteiger partial charge >= 0.3 is 0 Å². The lowest BCUT2D eigenvalue weighted by atomic mass is 9.85.